The van der Waals surface area contributed by atoms with Crippen LogP contribution in [0.3, 0.4) is 0 Å². The minimum Gasteiger partial charge on any atom is -0.197 e. The maximum atomic E-state index is 9.36. The third-order valence-corrected chi connectivity index (χ3v) is 5.55. The third-order valence-electron chi connectivity index (χ3n) is 3.92. The molecule has 0 amide bonds. The van der Waals surface area contributed by atoms with Gasteiger partial charge in [0.15, 0.2) is 0 Å². The Labute approximate surface area is 91.3 Å². The Morgan fingerprint density at radius 3 is 2.50 bits per heavy atom. The van der Waals surface area contributed by atoms with Crippen LogP contribution in [0.2, 0.25) is 0 Å². The van der Waals surface area contributed by atoms with E-state index >= 15 is 0 Å². The van der Waals surface area contributed by atoms with E-state index in [4.69, 9.17) is 0 Å². The minimum absolute atomic E-state index is 0.0140. The number of nitriles is 1. The van der Waals surface area contributed by atoms with Crippen molar-refractivity contribution in [1.29, 1.82) is 5.26 Å². The van der Waals surface area contributed by atoms with Gasteiger partial charge in [0, 0.05) is 0 Å². The van der Waals surface area contributed by atoms with Crippen LogP contribution >= 0.6 is 11.8 Å². The van der Waals surface area contributed by atoms with Crippen molar-refractivity contribution < 1.29 is 0 Å². The first-order valence-electron chi connectivity index (χ1n) is 5.82. The number of hydrogen-bond acceptors (Lipinski definition) is 2. The van der Waals surface area contributed by atoms with Crippen molar-refractivity contribution in [2.45, 2.75) is 50.2 Å². The van der Waals surface area contributed by atoms with Gasteiger partial charge in [-0.25, -0.2) is 0 Å². The summed E-state index contributed by atoms with van der Waals surface area (Å²) in [6.07, 6.45) is 7.67. The molecule has 0 bridgehead atoms. The second kappa shape index (κ2) is 4.14. The SMILES string of the molecule is CC1CCC(C2(C#N)CCCS2)CC1. The maximum absolute atomic E-state index is 9.36. The number of nitrogens with zero attached hydrogens (tertiary/aromatic N) is 1. The Balaban J connectivity index is 2.02. The summed E-state index contributed by atoms with van der Waals surface area (Å²) >= 11 is 1.94. The van der Waals surface area contributed by atoms with Gasteiger partial charge in [-0.2, -0.15) is 5.26 Å². The lowest BCUT2D eigenvalue weighted by atomic mass is 9.75. The normalized spacial score (nSPS) is 43.4. The monoisotopic (exact) mass is 209 g/mol. The summed E-state index contributed by atoms with van der Waals surface area (Å²) in [6, 6.07) is 2.62. The molecule has 2 aliphatic rings. The van der Waals surface area contributed by atoms with Crippen LogP contribution in [-0.2, 0) is 0 Å². The van der Waals surface area contributed by atoms with Crippen LogP contribution in [0.15, 0.2) is 0 Å². The van der Waals surface area contributed by atoms with E-state index in [0.717, 1.165) is 12.3 Å². The predicted molar refractivity (Wildman–Crippen MR) is 61.2 cm³/mol. The molecule has 0 radical (unpaired) electrons. The van der Waals surface area contributed by atoms with Gasteiger partial charge in [0.2, 0.25) is 0 Å². The fourth-order valence-corrected chi connectivity index (χ4v) is 4.37. The molecule has 0 aromatic carbocycles. The lowest BCUT2D eigenvalue weighted by Crippen LogP contribution is -2.33. The van der Waals surface area contributed by atoms with Gasteiger partial charge >= 0.3 is 0 Å². The Morgan fingerprint density at radius 1 is 1.29 bits per heavy atom. The summed E-state index contributed by atoms with van der Waals surface area (Å²) < 4.78 is 0.0140. The molecule has 0 aromatic heterocycles. The van der Waals surface area contributed by atoms with Crippen LogP contribution in [0, 0.1) is 23.2 Å². The number of thioether (sulfide) groups is 1. The Morgan fingerprint density at radius 2 is 2.00 bits per heavy atom. The molecule has 1 heterocycles. The predicted octanol–water partition coefficient (Wildman–Crippen LogP) is 3.60. The zero-order valence-electron chi connectivity index (χ0n) is 8.96. The van der Waals surface area contributed by atoms with Gasteiger partial charge in [-0.1, -0.05) is 19.8 Å². The van der Waals surface area contributed by atoms with E-state index < -0.39 is 0 Å². The van der Waals surface area contributed by atoms with Gasteiger partial charge in [0.1, 0.15) is 4.75 Å². The molecule has 2 fully saturated rings. The molecule has 1 saturated heterocycles. The summed E-state index contributed by atoms with van der Waals surface area (Å²) in [5.74, 6) is 2.80. The van der Waals surface area contributed by atoms with Gasteiger partial charge in [0.25, 0.3) is 0 Å². The van der Waals surface area contributed by atoms with Crippen molar-refractivity contribution in [2.24, 2.45) is 11.8 Å². The summed E-state index contributed by atoms with van der Waals surface area (Å²) in [6.45, 7) is 2.34. The first kappa shape index (κ1) is 10.4. The maximum Gasteiger partial charge on any atom is 0.105 e. The molecule has 78 valence electrons. The van der Waals surface area contributed by atoms with E-state index in [2.05, 4.69) is 13.0 Å². The first-order chi connectivity index (χ1) is 6.77. The van der Waals surface area contributed by atoms with Crippen molar-refractivity contribution >= 4 is 11.8 Å². The van der Waals surface area contributed by atoms with Crippen LogP contribution in [0.1, 0.15) is 45.4 Å². The molecule has 2 rings (SSSR count). The average Bonchev–Trinajstić information content (AvgIpc) is 2.68. The fraction of sp³-hybridized carbons (Fsp3) is 0.917. The number of hydrogen-bond donors (Lipinski definition) is 0. The Bertz CT molecular complexity index is 229. The highest BCUT2D eigenvalue weighted by Crippen LogP contribution is 2.49. The molecule has 1 aliphatic carbocycles. The standard InChI is InChI=1S/C12H19NS/c1-10-3-5-11(6-4-10)12(9-13)7-2-8-14-12/h10-11H,2-8H2,1H3. The van der Waals surface area contributed by atoms with Gasteiger partial charge in [-0.15, -0.1) is 11.8 Å². The Hall–Kier alpha value is -0.160. The average molecular weight is 209 g/mol. The number of rotatable bonds is 1. The topological polar surface area (TPSA) is 23.8 Å². The van der Waals surface area contributed by atoms with Gasteiger partial charge in [-0.3, -0.25) is 0 Å². The van der Waals surface area contributed by atoms with E-state index in [0.29, 0.717) is 5.92 Å². The van der Waals surface area contributed by atoms with Crippen molar-refractivity contribution in [1.82, 2.24) is 0 Å². The first-order valence-corrected chi connectivity index (χ1v) is 6.80. The van der Waals surface area contributed by atoms with Gasteiger partial charge in [-0.05, 0) is 43.3 Å². The van der Waals surface area contributed by atoms with E-state index in [1.165, 1.54) is 37.9 Å². The molecule has 14 heavy (non-hydrogen) atoms. The van der Waals surface area contributed by atoms with E-state index in [-0.39, 0.29) is 4.75 Å². The van der Waals surface area contributed by atoms with Crippen molar-refractivity contribution in [3.05, 3.63) is 0 Å². The molecule has 1 atom stereocenters. The molecule has 0 aromatic rings. The molecule has 2 heteroatoms. The van der Waals surface area contributed by atoms with Crippen molar-refractivity contribution in [2.75, 3.05) is 5.75 Å². The van der Waals surface area contributed by atoms with Gasteiger partial charge < -0.3 is 0 Å². The second-order valence-corrected chi connectivity index (χ2v) is 6.34. The van der Waals surface area contributed by atoms with Crippen LogP contribution in [0.4, 0.5) is 0 Å². The molecular formula is C12H19NS. The second-order valence-electron chi connectivity index (χ2n) is 4.91. The highest BCUT2D eigenvalue weighted by Gasteiger charge is 2.43. The zero-order chi connectivity index (χ0) is 10.0. The van der Waals surface area contributed by atoms with Crippen LogP contribution < -0.4 is 0 Å². The molecular weight excluding hydrogens is 190 g/mol. The highest BCUT2D eigenvalue weighted by molar-refractivity contribution is 8.01. The summed E-state index contributed by atoms with van der Waals surface area (Å²) in [5.41, 5.74) is 0. The van der Waals surface area contributed by atoms with Crippen LogP contribution in [0.5, 0.6) is 0 Å². The smallest absolute Gasteiger partial charge is 0.105 e. The van der Waals surface area contributed by atoms with Crippen LogP contribution in [0.25, 0.3) is 0 Å². The fourth-order valence-electron chi connectivity index (χ4n) is 2.89. The Kier molecular flexibility index (Phi) is 3.07. The summed E-state index contributed by atoms with van der Waals surface area (Å²) in [7, 11) is 0. The van der Waals surface area contributed by atoms with Crippen molar-refractivity contribution in [3.8, 4) is 6.07 Å². The molecule has 1 saturated carbocycles. The van der Waals surface area contributed by atoms with E-state index in [9.17, 15) is 5.26 Å². The minimum atomic E-state index is 0.0140. The molecule has 0 spiro atoms. The lowest BCUT2D eigenvalue weighted by Gasteiger charge is -2.35. The van der Waals surface area contributed by atoms with E-state index in [1.54, 1.807) is 0 Å². The largest absolute Gasteiger partial charge is 0.197 e. The lowest BCUT2D eigenvalue weighted by molar-refractivity contribution is 0.257. The third kappa shape index (κ3) is 1.80. The molecule has 0 N–H and O–H groups in total. The molecule has 1 nitrogen and oxygen atoms in total. The zero-order valence-corrected chi connectivity index (χ0v) is 9.78. The van der Waals surface area contributed by atoms with E-state index in [1.807, 2.05) is 11.8 Å². The van der Waals surface area contributed by atoms with Crippen LogP contribution in [-0.4, -0.2) is 10.5 Å². The summed E-state index contributed by atoms with van der Waals surface area (Å²) in [5, 5.41) is 9.36. The van der Waals surface area contributed by atoms with Crippen molar-refractivity contribution in [3.63, 3.8) is 0 Å². The molecule has 1 aliphatic heterocycles. The quantitative estimate of drug-likeness (QED) is 0.659. The highest BCUT2D eigenvalue weighted by atomic mass is 32.2. The van der Waals surface area contributed by atoms with Gasteiger partial charge in [0.05, 0.1) is 6.07 Å². The molecule has 1 unspecified atom stereocenters. The summed E-state index contributed by atoms with van der Waals surface area (Å²) in [4.78, 5) is 0.